The standard InChI is InChI=1S/C8H8N2O5/c9-4-15-7-3-5(10(13)14)1-2-6(7)8(11)12/h1-3H,4,9H2,(H,11,12). The van der Waals surface area contributed by atoms with E-state index < -0.39 is 10.9 Å². The van der Waals surface area contributed by atoms with Gasteiger partial charge in [0, 0.05) is 6.07 Å². The van der Waals surface area contributed by atoms with Crippen molar-refractivity contribution in [2.45, 2.75) is 0 Å². The van der Waals surface area contributed by atoms with E-state index in [0.29, 0.717) is 0 Å². The number of carbonyl (C=O) groups is 1. The van der Waals surface area contributed by atoms with Crippen LogP contribution in [0.2, 0.25) is 0 Å². The van der Waals surface area contributed by atoms with Gasteiger partial charge >= 0.3 is 5.97 Å². The Morgan fingerprint density at radius 3 is 2.73 bits per heavy atom. The molecular weight excluding hydrogens is 204 g/mol. The van der Waals surface area contributed by atoms with Crippen molar-refractivity contribution in [3.63, 3.8) is 0 Å². The zero-order valence-corrected chi connectivity index (χ0v) is 7.54. The van der Waals surface area contributed by atoms with Gasteiger partial charge in [0.05, 0.1) is 11.0 Å². The lowest BCUT2D eigenvalue weighted by Crippen LogP contribution is -2.11. The summed E-state index contributed by atoms with van der Waals surface area (Å²) >= 11 is 0. The number of non-ortho nitro benzene ring substituents is 1. The van der Waals surface area contributed by atoms with Gasteiger partial charge in [0.25, 0.3) is 5.69 Å². The molecule has 80 valence electrons. The summed E-state index contributed by atoms with van der Waals surface area (Å²) in [6.07, 6.45) is 0. The largest absolute Gasteiger partial charge is 0.478 e. The van der Waals surface area contributed by atoms with Gasteiger partial charge in [-0.05, 0) is 6.07 Å². The van der Waals surface area contributed by atoms with Crippen molar-refractivity contribution in [1.82, 2.24) is 0 Å². The van der Waals surface area contributed by atoms with Crippen molar-refractivity contribution in [3.8, 4) is 5.75 Å². The zero-order valence-electron chi connectivity index (χ0n) is 7.54. The molecular formula is C8H8N2O5. The molecule has 0 aliphatic heterocycles. The van der Waals surface area contributed by atoms with Crippen LogP contribution in [0.25, 0.3) is 0 Å². The van der Waals surface area contributed by atoms with E-state index in [-0.39, 0.29) is 23.7 Å². The lowest BCUT2D eigenvalue weighted by atomic mass is 10.2. The molecule has 0 radical (unpaired) electrons. The highest BCUT2D eigenvalue weighted by Gasteiger charge is 2.15. The molecule has 0 fully saturated rings. The molecule has 15 heavy (non-hydrogen) atoms. The van der Waals surface area contributed by atoms with Gasteiger partial charge in [-0.25, -0.2) is 4.79 Å². The van der Waals surface area contributed by atoms with Gasteiger partial charge in [0.1, 0.15) is 18.0 Å². The maximum atomic E-state index is 10.7. The van der Waals surface area contributed by atoms with Gasteiger partial charge in [0.15, 0.2) is 0 Å². The van der Waals surface area contributed by atoms with E-state index >= 15 is 0 Å². The first-order chi connectivity index (χ1) is 7.06. The Kier molecular flexibility index (Phi) is 3.19. The summed E-state index contributed by atoms with van der Waals surface area (Å²) in [5, 5.41) is 19.1. The average Bonchev–Trinajstić information content (AvgIpc) is 2.17. The normalized spacial score (nSPS) is 9.67. The maximum absolute atomic E-state index is 10.7. The molecule has 3 N–H and O–H groups in total. The number of rotatable bonds is 4. The van der Waals surface area contributed by atoms with Crippen LogP contribution < -0.4 is 10.5 Å². The number of ether oxygens (including phenoxy) is 1. The number of aromatic carboxylic acids is 1. The van der Waals surface area contributed by atoms with Crippen molar-refractivity contribution < 1.29 is 19.6 Å². The summed E-state index contributed by atoms with van der Waals surface area (Å²) in [4.78, 5) is 20.5. The summed E-state index contributed by atoms with van der Waals surface area (Å²) in [6.45, 7) is -0.249. The molecule has 0 atom stereocenters. The van der Waals surface area contributed by atoms with Gasteiger partial charge in [-0.1, -0.05) is 0 Å². The first kappa shape index (κ1) is 10.9. The highest BCUT2D eigenvalue weighted by Crippen LogP contribution is 2.24. The quantitative estimate of drug-likeness (QED) is 0.428. The maximum Gasteiger partial charge on any atom is 0.339 e. The molecule has 0 aliphatic rings. The summed E-state index contributed by atoms with van der Waals surface area (Å²) in [7, 11) is 0. The van der Waals surface area contributed by atoms with Crippen molar-refractivity contribution in [2.75, 3.05) is 6.73 Å². The van der Waals surface area contributed by atoms with Crippen LogP contribution >= 0.6 is 0 Å². The predicted octanol–water partition coefficient (Wildman–Crippen LogP) is 0.588. The molecule has 1 rings (SSSR count). The molecule has 0 bridgehead atoms. The second-order valence-corrected chi connectivity index (χ2v) is 2.55. The molecule has 7 heteroatoms. The molecule has 0 saturated heterocycles. The first-order valence-electron chi connectivity index (χ1n) is 3.91. The van der Waals surface area contributed by atoms with Crippen LogP contribution in [0, 0.1) is 10.1 Å². The number of nitro groups is 1. The van der Waals surface area contributed by atoms with E-state index in [0.717, 1.165) is 18.2 Å². The summed E-state index contributed by atoms with van der Waals surface area (Å²) < 4.78 is 4.78. The lowest BCUT2D eigenvalue weighted by molar-refractivity contribution is -0.384. The summed E-state index contributed by atoms with van der Waals surface area (Å²) in [5.74, 6) is -1.34. The fourth-order valence-corrected chi connectivity index (χ4v) is 1.01. The number of carboxylic acid groups (broad SMARTS) is 1. The fourth-order valence-electron chi connectivity index (χ4n) is 1.01. The number of hydrogen-bond acceptors (Lipinski definition) is 5. The molecule has 0 unspecified atom stereocenters. The highest BCUT2D eigenvalue weighted by atomic mass is 16.6. The summed E-state index contributed by atoms with van der Waals surface area (Å²) in [6, 6.07) is 3.22. The SMILES string of the molecule is NCOc1cc([N+](=O)[O-])ccc1C(=O)O. The minimum Gasteiger partial charge on any atom is -0.478 e. The highest BCUT2D eigenvalue weighted by molar-refractivity contribution is 5.91. The van der Waals surface area contributed by atoms with Crippen LogP contribution in [0.5, 0.6) is 5.75 Å². The van der Waals surface area contributed by atoms with Gasteiger partial charge in [-0.15, -0.1) is 0 Å². The number of nitro benzene ring substituents is 1. The molecule has 1 aromatic rings. The Bertz CT molecular complexity index is 404. The second kappa shape index (κ2) is 4.38. The Morgan fingerprint density at radius 2 is 2.27 bits per heavy atom. The van der Waals surface area contributed by atoms with E-state index in [1.807, 2.05) is 0 Å². The van der Waals surface area contributed by atoms with E-state index in [4.69, 9.17) is 15.6 Å². The van der Waals surface area contributed by atoms with Crippen LogP contribution in [0.3, 0.4) is 0 Å². The van der Waals surface area contributed by atoms with Gasteiger partial charge < -0.3 is 9.84 Å². The predicted molar refractivity (Wildman–Crippen MR) is 49.7 cm³/mol. The van der Waals surface area contributed by atoms with Gasteiger partial charge in [-0.3, -0.25) is 15.8 Å². The summed E-state index contributed by atoms with van der Waals surface area (Å²) in [5.41, 5.74) is 4.66. The number of carboxylic acids is 1. The van der Waals surface area contributed by atoms with E-state index in [1.165, 1.54) is 0 Å². The Balaban J connectivity index is 3.20. The molecule has 0 amide bonds. The van der Waals surface area contributed by atoms with Gasteiger partial charge in [-0.2, -0.15) is 0 Å². The zero-order chi connectivity index (χ0) is 11.4. The third-order valence-electron chi connectivity index (χ3n) is 1.65. The van der Waals surface area contributed by atoms with E-state index in [9.17, 15) is 14.9 Å². The Morgan fingerprint density at radius 1 is 1.60 bits per heavy atom. The van der Waals surface area contributed by atoms with E-state index in [1.54, 1.807) is 0 Å². The lowest BCUT2D eigenvalue weighted by Gasteiger charge is -2.05. The number of nitrogens with two attached hydrogens (primary N) is 1. The minimum atomic E-state index is -1.23. The first-order valence-corrected chi connectivity index (χ1v) is 3.91. The Labute approximate surface area is 84.2 Å². The van der Waals surface area contributed by atoms with Crippen molar-refractivity contribution in [3.05, 3.63) is 33.9 Å². The second-order valence-electron chi connectivity index (χ2n) is 2.55. The molecule has 1 aromatic carbocycles. The molecule has 0 aromatic heterocycles. The van der Waals surface area contributed by atoms with Gasteiger partial charge in [0.2, 0.25) is 0 Å². The third-order valence-corrected chi connectivity index (χ3v) is 1.65. The van der Waals surface area contributed by atoms with E-state index in [2.05, 4.69) is 0 Å². The number of benzene rings is 1. The molecule has 0 heterocycles. The Hall–Kier alpha value is -2.15. The van der Waals surface area contributed by atoms with Crippen LogP contribution in [0.1, 0.15) is 10.4 Å². The number of hydrogen-bond donors (Lipinski definition) is 2. The third kappa shape index (κ3) is 2.41. The minimum absolute atomic E-state index is 0.112. The average molecular weight is 212 g/mol. The molecule has 0 spiro atoms. The van der Waals surface area contributed by atoms with Crippen molar-refractivity contribution in [2.24, 2.45) is 5.73 Å². The fraction of sp³-hybridized carbons (Fsp3) is 0.125. The monoisotopic (exact) mass is 212 g/mol. The topological polar surface area (TPSA) is 116 Å². The molecule has 0 saturated carbocycles. The smallest absolute Gasteiger partial charge is 0.339 e. The number of nitrogens with zero attached hydrogens (tertiary/aromatic N) is 1. The molecule has 0 aliphatic carbocycles. The van der Waals surface area contributed by atoms with Crippen LogP contribution in [0.15, 0.2) is 18.2 Å². The van der Waals surface area contributed by atoms with Crippen LogP contribution in [-0.4, -0.2) is 22.7 Å². The molecule has 7 nitrogen and oxygen atoms in total. The van der Waals surface area contributed by atoms with Crippen LogP contribution in [-0.2, 0) is 0 Å². The van der Waals surface area contributed by atoms with Crippen LogP contribution in [0.4, 0.5) is 5.69 Å². The van der Waals surface area contributed by atoms with Crippen molar-refractivity contribution in [1.29, 1.82) is 0 Å². The van der Waals surface area contributed by atoms with Crippen molar-refractivity contribution >= 4 is 11.7 Å².